The first-order valence-corrected chi connectivity index (χ1v) is 6.46. The lowest BCUT2D eigenvalue weighted by Gasteiger charge is -2.12. The highest BCUT2D eigenvalue weighted by Crippen LogP contribution is 2.21. The van der Waals surface area contributed by atoms with E-state index in [4.69, 9.17) is 22.7 Å². The van der Waals surface area contributed by atoms with Gasteiger partial charge in [-0.25, -0.2) is 4.98 Å². The van der Waals surface area contributed by atoms with Gasteiger partial charge in [-0.2, -0.15) is 0 Å². The van der Waals surface area contributed by atoms with Gasteiger partial charge < -0.3 is 15.4 Å². The number of aromatic nitrogens is 1. The fraction of sp³-hybridized carbons (Fsp3) is 0.286. The normalized spacial score (nSPS) is 10.9. The van der Waals surface area contributed by atoms with Crippen LogP contribution in [0.4, 0.5) is 0 Å². The molecule has 1 heterocycles. The van der Waals surface area contributed by atoms with Crippen LogP contribution < -0.4 is 10.5 Å². The van der Waals surface area contributed by atoms with E-state index >= 15 is 0 Å². The molecule has 0 aliphatic carbocycles. The highest BCUT2D eigenvalue weighted by molar-refractivity contribution is 7.80. The van der Waals surface area contributed by atoms with Crippen molar-refractivity contribution in [2.75, 3.05) is 27.2 Å². The van der Waals surface area contributed by atoms with Crippen LogP contribution in [0.1, 0.15) is 5.56 Å². The summed E-state index contributed by atoms with van der Waals surface area (Å²) in [4.78, 5) is 6.87. The number of hydrogen-bond donors (Lipinski definition) is 1. The molecule has 0 saturated heterocycles. The maximum absolute atomic E-state index is 5.77. The van der Waals surface area contributed by atoms with Gasteiger partial charge >= 0.3 is 0 Å². The van der Waals surface area contributed by atoms with Gasteiger partial charge in [0.05, 0.1) is 5.52 Å². The van der Waals surface area contributed by atoms with E-state index < -0.39 is 0 Å². The molecule has 2 N–H and O–H groups in total. The second-order valence-electron chi connectivity index (χ2n) is 4.54. The third kappa shape index (κ3) is 3.39. The van der Waals surface area contributed by atoms with Gasteiger partial charge in [-0.1, -0.05) is 30.4 Å². The van der Waals surface area contributed by atoms with Crippen LogP contribution in [0.3, 0.4) is 0 Å². The molecule has 2 rings (SSSR count). The summed E-state index contributed by atoms with van der Waals surface area (Å²) in [6.45, 7) is 1.41. The number of para-hydroxylation sites is 1. The molecule has 0 fully saturated rings. The second-order valence-corrected chi connectivity index (χ2v) is 4.98. The maximum Gasteiger partial charge on any atom is 0.214 e. The Morgan fingerprint density at radius 2 is 2.11 bits per heavy atom. The summed E-state index contributed by atoms with van der Waals surface area (Å²) in [5.74, 6) is 0.559. The van der Waals surface area contributed by atoms with Gasteiger partial charge in [0.25, 0.3) is 0 Å². The predicted molar refractivity (Wildman–Crippen MR) is 81.7 cm³/mol. The Labute approximate surface area is 118 Å². The van der Waals surface area contributed by atoms with Crippen LogP contribution >= 0.6 is 12.2 Å². The minimum absolute atomic E-state index is 0.357. The molecular weight excluding hydrogens is 258 g/mol. The number of thiocarbonyl (C=S) groups is 1. The molecule has 0 saturated carbocycles. The average molecular weight is 275 g/mol. The van der Waals surface area contributed by atoms with Crippen molar-refractivity contribution in [3.8, 4) is 5.88 Å². The Kier molecular flexibility index (Phi) is 4.29. The number of likely N-dealkylation sites (N-methyl/N-ethyl adjacent to an activating group) is 1. The van der Waals surface area contributed by atoms with Crippen molar-refractivity contribution in [3.63, 3.8) is 0 Å². The number of benzene rings is 1. The van der Waals surface area contributed by atoms with E-state index in [1.54, 1.807) is 6.07 Å². The average Bonchev–Trinajstić information content (AvgIpc) is 2.37. The molecule has 0 amide bonds. The van der Waals surface area contributed by atoms with E-state index in [1.807, 2.05) is 38.4 Å². The van der Waals surface area contributed by atoms with Crippen molar-refractivity contribution in [2.45, 2.75) is 0 Å². The molecule has 100 valence electrons. The van der Waals surface area contributed by atoms with Gasteiger partial charge in [0.15, 0.2) is 0 Å². The van der Waals surface area contributed by atoms with Gasteiger partial charge in [-0.05, 0) is 20.2 Å². The Hall–Kier alpha value is -1.72. The lowest BCUT2D eigenvalue weighted by molar-refractivity contribution is 0.254. The minimum Gasteiger partial charge on any atom is -0.476 e. The molecule has 19 heavy (non-hydrogen) atoms. The van der Waals surface area contributed by atoms with Crippen molar-refractivity contribution in [1.29, 1.82) is 0 Å². The fourth-order valence-electron chi connectivity index (χ4n) is 1.76. The second kappa shape index (κ2) is 5.95. The number of nitrogens with zero attached hydrogens (tertiary/aromatic N) is 2. The van der Waals surface area contributed by atoms with Gasteiger partial charge in [0, 0.05) is 23.6 Å². The Bertz CT molecular complexity index is 598. The molecule has 0 aliphatic heterocycles. The topological polar surface area (TPSA) is 51.4 Å². The zero-order chi connectivity index (χ0) is 13.8. The number of nitrogens with two attached hydrogens (primary N) is 1. The van der Waals surface area contributed by atoms with Crippen molar-refractivity contribution >= 4 is 28.1 Å². The summed E-state index contributed by atoms with van der Waals surface area (Å²) < 4.78 is 5.65. The van der Waals surface area contributed by atoms with Gasteiger partial charge in [-0.15, -0.1) is 0 Å². The van der Waals surface area contributed by atoms with Crippen LogP contribution in [0.2, 0.25) is 0 Å². The quantitative estimate of drug-likeness (QED) is 0.843. The highest BCUT2D eigenvalue weighted by atomic mass is 32.1. The summed E-state index contributed by atoms with van der Waals surface area (Å²) in [5.41, 5.74) is 7.41. The Morgan fingerprint density at radius 1 is 1.37 bits per heavy atom. The molecule has 5 heteroatoms. The first-order valence-electron chi connectivity index (χ1n) is 6.05. The van der Waals surface area contributed by atoms with Gasteiger partial charge in [0.1, 0.15) is 11.6 Å². The van der Waals surface area contributed by atoms with Crippen LogP contribution in [-0.2, 0) is 0 Å². The molecule has 1 aromatic heterocycles. The van der Waals surface area contributed by atoms with Crippen LogP contribution in [0.15, 0.2) is 30.3 Å². The molecule has 2 aromatic rings. The molecule has 4 nitrogen and oxygen atoms in total. The Morgan fingerprint density at radius 3 is 2.79 bits per heavy atom. The first-order chi connectivity index (χ1) is 9.08. The number of rotatable bonds is 5. The van der Waals surface area contributed by atoms with Crippen LogP contribution in [-0.4, -0.2) is 42.1 Å². The van der Waals surface area contributed by atoms with Crippen molar-refractivity contribution in [3.05, 3.63) is 35.9 Å². The van der Waals surface area contributed by atoms with Crippen molar-refractivity contribution < 1.29 is 4.74 Å². The lowest BCUT2D eigenvalue weighted by atomic mass is 10.1. The van der Waals surface area contributed by atoms with Crippen LogP contribution in [0, 0.1) is 0 Å². The SMILES string of the molecule is CN(C)CCOc1cc(C(N)=S)c2ccccc2n1. The summed E-state index contributed by atoms with van der Waals surface area (Å²) >= 11 is 5.09. The number of fused-ring (bicyclic) bond motifs is 1. The van der Waals surface area contributed by atoms with Crippen molar-refractivity contribution in [1.82, 2.24) is 9.88 Å². The number of hydrogen-bond acceptors (Lipinski definition) is 4. The molecule has 0 radical (unpaired) electrons. The maximum atomic E-state index is 5.77. The van der Waals surface area contributed by atoms with Gasteiger partial charge in [-0.3, -0.25) is 0 Å². The predicted octanol–water partition coefficient (Wildman–Crippen LogP) is 1.81. The minimum atomic E-state index is 0.357. The molecule has 0 bridgehead atoms. The van der Waals surface area contributed by atoms with Crippen molar-refractivity contribution in [2.24, 2.45) is 5.73 Å². The third-order valence-corrected chi connectivity index (χ3v) is 2.97. The van der Waals surface area contributed by atoms with Crippen LogP contribution in [0.25, 0.3) is 10.9 Å². The van der Waals surface area contributed by atoms with E-state index in [0.717, 1.165) is 23.0 Å². The lowest BCUT2D eigenvalue weighted by Crippen LogP contribution is -2.20. The molecule has 0 unspecified atom stereocenters. The number of pyridine rings is 1. The highest BCUT2D eigenvalue weighted by Gasteiger charge is 2.08. The third-order valence-electron chi connectivity index (χ3n) is 2.75. The van der Waals surface area contributed by atoms with E-state index in [2.05, 4.69) is 9.88 Å². The smallest absolute Gasteiger partial charge is 0.214 e. The monoisotopic (exact) mass is 275 g/mol. The van der Waals surface area contributed by atoms with Crippen LogP contribution in [0.5, 0.6) is 5.88 Å². The molecule has 0 spiro atoms. The molecule has 1 aromatic carbocycles. The summed E-state index contributed by atoms with van der Waals surface area (Å²) in [7, 11) is 4.00. The first kappa shape index (κ1) is 13.7. The van der Waals surface area contributed by atoms with E-state index in [9.17, 15) is 0 Å². The van der Waals surface area contributed by atoms with E-state index in [-0.39, 0.29) is 0 Å². The van der Waals surface area contributed by atoms with E-state index in [1.165, 1.54) is 0 Å². The summed E-state index contributed by atoms with van der Waals surface area (Å²) in [6.07, 6.45) is 0. The summed E-state index contributed by atoms with van der Waals surface area (Å²) in [5, 5.41) is 0.954. The molecule has 0 aliphatic rings. The van der Waals surface area contributed by atoms with Gasteiger partial charge in [0.2, 0.25) is 5.88 Å². The van der Waals surface area contributed by atoms with E-state index in [0.29, 0.717) is 17.5 Å². The molecular formula is C14H17N3OS. The zero-order valence-electron chi connectivity index (χ0n) is 11.1. The standard InChI is InChI=1S/C14H17N3OS/c1-17(2)7-8-18-13-9-11(14(15)19)10-5-3-4-6-12(10)16-13/h3-6,9H,7-8H2,1-2H3,(H2,15,19). The largest absolute Gasteiger partial charge is 0.476 e. The molecule has 0 atom stereocenters. The summed E-state index contributed by atoms with van der Waals surface area (Å²) in [6, 6.07) is 9.57. The zero-order valence-corrected chi connectivity index (χ0v) is 11.9. The number of ether oxygens (including phenoxy) is 1. The Balaban J connectivity index is 2.33. The fourth-order valence-corrected chi connectivity index (χ4v) is 1.93.